The molecule has 1 aromatic heterocycles. The zero-order valence-corrected chi connectivity index (χ0v) is 13.0. The van der Waals surface area contributed by atoms with Crippen LogP contribution in [0.1, 0.15) is 11.3 Å². The molecule has 2 rings (SSSR count). The number of piperazine rings is 1. The maximum Gasteiger partial charge on any atom is 0.128 e. The van der Waals surface area contributed by atoms with Crippen LogP contribution in [-0.4, -0.2) is 68.1 Å². The highest BCUT2D eigenvalue weighted by Crippen LogP contribution is 2.16. The summed E-state index contributed by atoms with van der Waals surface area (Å²) in [4.78, 5) is 11.8. The van der Waals surface area contributed by atoms with E-state index in [0.29, 0.717) is 6.54 Å². The first-order chi connectivity index (χ1) is 9.60. The van der Waals surface area contributed by atoms with Gasteiger partial charge in [0.05, 0.1) is 0 Å². The number of hydrogen-bond acceptors (Lipinski definition) is 5. The maximum absolute atomic E-state index is 5.69. The lowest BCUT2D eigenvalue weighted by Gasteiger charge is -2.36. The summed E-state index contributed by atoms with van der Waals surface area (Å²) in [6.07, 6.45) is 0. The van der Waals surface area contributed by atoms with Gasteiger partial charge in [0, 0.05) is 51.5 Å². The van der Waals surface area contributed by atoms with Crippen LogP contribution in [0.15, 0.2) is 12.1 Å². The lowest BCUT2D eigenvalue weighted by molar-refractivity contribution is 0.229. The minimum absolute atomic E-state index is 0.567. The van der Waals surface area contributed by atoms with Gasteiger partial charge < -0.3 is 15.5 Å². The zero-order valence-electron chi connectivity index (χ0n) is 13.0. The summed E-state index contributed by atoms with van der Waals surface area (Å²) in [5, 5.41) is 0. The molecule has 1 aliphatic rings. The molecule has 1 saturated heterocycles. The fourth-order valence-electron chi connectivity index (χ4n) is 2.51. The molecule has 2 N–H and O–H groups in total. The lowest BCUT2D eigenvalue weighted by atomic mass is 10.2. The van der Waals surface area contributed by atoms with Crippen LogP contribution in [0.3, 0.4) is 0 Å². The number of aromatic nitrogens is 1. The van der Waals surface area contributed by atoms with Crippen LogP contribution in [0.5, 0.6) is 0 Å². The maximum atomic E-state index is 5.69. The van der Waals surface area contributed by atoms with E-state index in [0.717, 1.165) is 56.3 Å². The molecule has 0 atom stereocenters. The van der Waals surface area contributed by atoms with Gasteiger partial charge in [-0.15, -0.1) is 0 Å². The standard InChI is InChI=1S/C15H27N5/c1-13-14(12-16)4-5-15(17-13)20-10-8-19(9-11-20)7-6-18(2)3/h4-5H,6-12,16H2,1-3H3. The largest absolute Gasteiger partial charge is 0.354 e. The monoisotopic (exact) mass is 277 g/mol. The molecule has 0 radical (unpaired) electrons. The van der Waals surface area contributed by atoms with Crippen molar-refractivity contribution in [1.82, 2.24) is 14.8 Å². The Hall–Kier alpha value is -1.17. The first kappa shape index (κ1) is 15.2. The Morgan fingerprint density at radius 3 is 2.45 bits per heavy atom. The van der Waals surface area contributed by atoms with Gasteiger partial charge in [0.15, 0.2) is 0 Å². The zero-order chi connectivity index (χ0) is 14.5. The molecule has 0 aliphatic carbocycles. The summed E-state index contributed by atoms with van der Waals surface area (Å²) in [6.45, 7) is 9.24. The fourth-order valence-corrected chi connectivity index (χ4v) is 2.51. The van der Waals surface area contributed by atoms with E-state index in [2.05, 4.69) is 45.9 Å². The van der Waals surface area contributed by atoms with E-state index in [1.54, 1.807) is 0 Å². The normalized spacial score (nSPS) is 16.9. The van der Waals surface area contributed by atoms with Gasteiger partial charge in [-0.2, -0.15) is 0 Å². The highest BCUT2D eigenvalue weighted by Gasteiger charge is 2.18. The number of anilines is 1. The molecule has 0 amide bonds. The molecule has 112 valence electrons. The molecule has 5 heteroatoms. The summed E-state index contributed by atoms with van der Waals surface area (Å²) in [5.74, 6) is 1.09. The van der Waals surface area contributed by atoms with Crippen LogP contribution in [0.2, 0.25) is 0 Å². The van der Waals surface area contributed by atoms with Crippen molar-refractivity contribution in [3.05, 3.63) is 23.4 Å². The molecule has 0 unspecified atom stereocenters. The van der Waals surface area contributed by atoms with Crippen LogP contribution in [0.25, 0.3) is 0 Å². The van der Waals surface area contributed by atoms with Gasteiger partial charge in [-0.05, 0) is 32.6 Å². The van der Waals surface area contributed by atoms with Gasteiger partial charge in [-0.1, -0.05) is 6.07 Å². The number of aryl methyl sites for hydroxylation is 1. The Bertz CT molecular complexity index is 424. The second-order valence-electron chi connectivity index (χ2n) is 5.75. The quantitative estimate of drug-likeness (QED) is 0.851. The van der Waals surface area contributed by atoms with Crippen molar-refractivity contribution >= 4 is 5.82 Å². The fraction of sp³-hybridized carbons (Fsp3) is 0.667. The SMILES string of the molecule is Cc1nc(N2CCN(CCN(C)C)CC2)ccc1CN. The molecule has 0 bridgehead atoms. The summed E-state index contributed by atoms with van der Waals surface area (Å²) in [7, 11) is 4.25. The third-order valence-electron chi connectivity index (χ3n) is 3.96. The number of nitrogens with zero attached hydrogens (tertiary/aromatic N) is 4. The van der Waals surface area contributed by atoms with Crippen LogP contribution in [-0.2, 0) is 6.54 Å². The molecule has 1 aromatic rings. The molecule has 1 fully saturated rings. The van der Waals surface area contributed by atoms with Crippen LogP contribution >= 0.6 is 0 Å². The predicted molar refractivity (Wildman–Crippen MR) is 84.1 cm³/mol. The number of hydrogen-bond donors (Lipinski definition) is 1. The molecular formula is C15H27N5. The summed E-state index contributed by atoms with van der Waals surface area (Å²) in [6, 6.07) is 4.21. The van der Waals surface area contributed by atoms with Crippen LogP contribution in [0.4, 0.5) is 5.82 Å². The average Bonchev–Trinajstić information content (AvgIpc) is 2.45. The first-order valence-electron chi connectivity index (χ1n) is 7.39. The number of rotatable bonds is 5. The second kappa shape index (κ2) is 7.02. The van der Waals surface area contributed by atoms with Crippen molar-refractivity contribution in [2.45, 2.75) is 13.5 Å². The Kier molecular flexibility index (Phi) is 5.34. The molecule has 0 spiro atoms. The van der Waals surface area contributed by atoms with Crippen molar-refractivity contribution in [3.63, 3.8) is 0 Å². The average molecular weight is 277 g/mol. The lowest BCUT2D eigenvalue weighted by Crippen LogP contribution is -2.48. The number of likely N-dealkylation sites (N-methyl/N-ethyl adjacent to an activating group) is 1. The molecule has 20 heavy (non-hydrogen) atoms. The highest BCUT2D eigenvalue weighted by atomic mass is 15.3. The minimum Gasteiger partial charge on any atom is -0.354 e. The van der Waals surface area contributed by atoms with E-state index in [-0.39, 0.29) is 0 Å². The highest BCUT2D eigenvalue weighted by molar-refractivity contribution is 5.42. The summed E-state index contributed by atoms with van der Waals surface area (Å²) >= 11 is 0. The van der Waals surface area contributed by atoms with Gasteiger partial charge in [0.2, 0.25) is 0 Å². The van der Waals surface area contributed by atoms with Gasteiger partial charge in [-0.3, -0.25) is 4.90 Å². The van der Waals surface area contributed by atoms with E-state index in [1.807, 2.05) is 6.92 Å². The Balaban J connectivity index is 1.88. The van der Waals surface area contributed by atoms with Crippen LogP contribution in [0, 0.1) is 6.92 Å². The first-order valence-corrected chi connectivity index (χ1v) is 7.39. The third-order valence-corrected chi connectivity index (χ3v) is 3.96. The van der Waals surface area contributed by atoms with Crippen molar-refractivity contribution in [2.24, 2.45) is 5.73 Å². The molecule has 0 aromatic carbocycles. The van der Waals surface area contributed by atoms with Gasteiger partial charge >= 0.3 is 0 Å². The third kappa shape index (κ3) is 3.91. The van der Waals surface area contributed by atoms with E-state index in [9.17, 15) is 0 Å². The Labute approximate surface area is 122 Å². The molecular weight excluding hydrogens is 250 g/mol. The topological polar surface area (TPSA) is 48.6 Å². The smallest absolute Gasteiger partial charge is 0.128 e. The van der Waals surface area contributed by atoms with Gasteiger partial charge in [0.1, 0.15) is 5.82 Å². The molecule has 5 nitrogen and oxygen atoms in total. The number of pyridine rings is 1. The van der Waals surface area contributed by atoms with E-state index < -0.39 is 0 Å². The molecule has 0 saturated carbocycles. The van der Waals surface area contributed by atoms with Crippen molar-refractivity contribution < 1.29 is 0 Å². The van der Waals surface area contributed by atoms with Crippen LogP contribution < -0.4 is 10.6 Å². The van der Waals surface area contributed by atoms with Crippen molar-refractivity contribution in [2.75, 3.05) is 58.3 Å². The number of nitrogens with two attached hydrogens (primary N) is 1. The van der Waals surface area contributed by atoms with Crippen molar-refractivity contribution in [1.29, 1.82) is 0 Å². The molecule has 2 heterocycles. The van der Waals surface area contributed by atoms with Crippen molar-refractivity contribution in [3.8, 4) is 0 Å². The van der Waals surface area contributed by atoms with E-state index in [4.69, 9.17) is 5.73 Å². The Morgan fingerprint density at radius 2 is 1.90 bits per heavy atom. The second-order valence-corrected chi connectivity index (χ2v) is 5.75. The summed E-state index contributed by atoms with van der Waals surface area (Å²) < 4.78 is 0. The van der Waals surface area contributed by atoms with E-state index in [1.165, 1.54) is 0 Å². The van der Waals surface area contributed by atoms with E-state index >= 15 is 0 Å². The summed E-state index contributed by atoms with van der Waals surface area (Å²) in [5.41, 5.74) is 7.88. The Morgan fingerprint density at radius 1 is 1.20 bits per heavy atom. The van der Waals surface area contributed by atoms with Gasteiger partial charge in [-0.25, -0.2) is 4.98 Å². The van der Waals surface area contributed by atoms with Gasteiger partial charge in [0.25, 0.3) is 0 Å². The minimum atomic E-state index is 0.567. The predicted octanol–water partition coefficient (Wildman–Crippen LogP) is 0.532. The molecule has 1 aliphatic heterocycles.